The molecule has 4 rings (SSSR count). The summed E-state index contributed by atoms with van der Waals surface area (Å²) in [5, 5.41) is 0. The summed E-state index contributed by atoms with van der Waals surface area (Å²) < 4.78 is 7.33. The maximum Gasteiger partial charge on any atom is 0.258 e. The van der Waals surface area contributed by atoms with E-state index in [-0.39, 0.29) is 11.5 Å². The zero-order valence-corrected chi connectivity index (χ0v) is 16.0. The number of hydrogen-bond donors (Lipinski definition) is 0. The van der Waals surface area contributed by atoms with Gasteiger partial charge in [0.25, 0.3) is 5.56 Å². The maximum atomic E-state index is 13.4. The molecule has 1 amide bonds. The lowest BCUT2D eigenvalue weighted by molar-refractivity contribution is -0.129. The molecule has 2 aromatic rings. The van der Waals surface area contributed by atoms with Crippen LogP contribution in [0.2, 0.25) is 0 Å². The van der Waals surface area contributed by atoms with E-state index in [1.165, 1.54) is 19.3 Å². The van der Waals surface area contributed by atoms with Gasteiger partial charge in [-0.1, -0.05) is 18.6 Å². The van der Waals surface area contributed by atoms with E-state index in [4.69, 9.17) is 4.74 Å². The largest absolute Gasteiger partial charge is 0.497 e. The predicted octanol–water partition coefficient (Wildman–Crippen LogP) is 3.23. The van der Waals surface area contributed by atoms with Gasteiger partial charge in [-0.25, -0.2) is 0 Å². The molecule has 1 aliphatic carbocycles. The van der Waals surface area contributed by atoms with Crippen LogP contribution in [-0.2, 0) is 24.3 Å². The zero-order valence-electron chi connectivity index (χ0n) is 16.0. The fourth-order valence-corrected chi connectivity index (χ4v) is 4.11. The van der Waals surface area contributed by atoms with Crippen LogP contribution in [0.5, 0.6) is 5.75 Å². The Morgan fingerprint density at radius 2 is 2.07 bits per heavy atom. The van der Waals surface area contributed by atoms with E-state index in [0.29, 0.717) is 24.6 Å². The molecule has 27 heavy (non-hydrogen) atoms. The molecule has 0 atom stereocenters. The van der Waals surface area contributed by atoms with E-state index in [1.807, 2.05) is 39.8 Å². The number of carbonyl (C=O) groups excluding carboxylic acids is 1. The summed E-state index contributed by atoms with van der Waals surface area (Å²) in [7, 11) is 1.63. The van der Waals surface area contributed by atoms with Gasteiger partial charge in [-0.15, -0.1) is 0 Å². The van der Waals surface area contributed by atoms with Crippen LogP contribution in [-0.4, -0.2) is 29.0 Å². The molecule has 0 unspecified atom stereocenters. The van der Waals surface area contributed by atoms with Crippen LogP contribution >= 0.6 is 0 Å². The van der Waals surface area contributed by atoms with Gasteiger partial charge in [0.05, 0.1) is 7.11 Å². The summed E-state index contributed by atoms with van der Waals surface area (Å²) in [6, 6.07) is 9.63. The van der Waals surface area contributed by atoms with Crippen LogP contribution in [0.15, 0.2) is 35.1 Å². The van der Waals surface area contributed by atoms with Gasteiger partial charge in [0.15, 0.2) is 0 Å². The number of aromatic nitrogens is 1. The molecule has 5 heteroatoms. The number of ether oxygens (including phenoxy) is 1. The highest BCUT2D eigenvalue weighted by atomic mass is 16.5. The molecule has 1 fully saturated rings. The van der Waals surface area contributed by atoms with E-state index >= 15 is 0 Å². The molecule has 1 aliphatic heterocycles. The topological polar surface area (TPSA) is 51.5 Å². The van der Waals surface area contributed by atoms with Crippen molar-refractivity contribution in [2.45, 2.75) is 45.7 Å². The lowest BCUT2D eigenvalue weighted by atomic mass is 9.85. The Morgan fingerprint density at radius 3 is 2.74 bits per heavy atom. The van der Waals surface area contributed by atoms with E-state index in [0.717, 1.165) is 35.5 Å². The number of pyridine rings is 1. The standard InChI is InChI=1S/C22H26N2O3/c1-15(25)23-10-9-21-18(14-23)12-20(17-7-4-8-19(11-17)27-2)22(26)24(21)13-16-5-3-6-16/h4,7-8,11-12,16H,3,5-6,9-10,13-14H2,1-2H3. The molecule has 142 valence electrons. The molecule has 0 bridgehead atoms. The average Bonchev–Trinajstić information content (AvgIpc) is 2.65. The number of amides is 1. The van der Waals surface area contributed by atoms with Crippen molar-refractivity contribution in [2.24, 2.45) is 5.92 Å². The smallest absolute Gasteiger partial charge is 0.258 e. The molecule has 1 aromatic carbocycles. The fourth-order valence-electron chi connectivity index (χ4n) is 4.11. The summed E-state index contributed by atoms with van der Waals surface area (Å²) in [6.07, 6.45) is 4.40. The number of fused-ring (bicyclic) bond motifs is 1. The quantitative estimate of drug-likeness (QED) is 0.835. The van der Waals surface area contributed by atoms with Gasteiger partial charge in [0.1, 0.15) is 5.75 Å². The normalized spacial score (nSPS) is 16.6. The highest BCUT2D eigenvalue weighted by molar-refractivity contribution is 5.74. The number of methoxy groups -OCH3 is 1. The molecular weight excluding hydrogens is 340 g/mol. The van der Waals surface area contributed by atoms with Crippen molar-refractivity contribution in [3.63, 3.8) is 0 Å². The first-order valence-electron chi connectivity index (χ1n) is 9.72. The number of rotatable bonds is 4. The minimum atomic E-state index is 0.0742. The van der Waals surface area contributed by atoms with Crippen LogP contribution in [0.1, 0.15) is 37.4 Å². The minimum absolute atomic E-state index is 0.0742. The lowest BCUT2D eigenvalue weighted by Crippen LogP contribution is -2.39. The van der Waals surface area contributed by atoms with E-state index in [2.05, 4.69) is 0 Å². The Hall–Kier alpha value is -2.56. The van der Waals surface area contributed by atoms with Crippen molar-refractivity contribution >= 4 is 5.91 Å². The zero-order chi connectivity index (χ0) is 19.0. The molecule has 1 aromatic heterocycles. The van der Waals surface area contributed by atoms with Crippen molar-refractivity contribution in [3.05, 3.63) is 51.9 Å². The summed E-state index contributed by atoms with van der Waals surface area (Å²) in [6.45, 7) is 3.66. The Morgan fingerprint density at radius 1 is 1.26 bits per heavy atom. The van der Waals surface area contributed by atoms with Crippen LogP contribution in [0.3, 0.4) is 0 Å². The minimum Gasteiger partial charge on any atom is -0.497 e. The third-order valence-corrected chi connectivity index (χ3v) is 5.96. The summed E-state index contributed by atoms with van der Waals surface area (Å²) >= 11 is 0. The second-order valence-electron chi connectivity index (χ2n) is 7.67. The van der Waals surface area contributed by atoms with Crippen molar-refractivity contribution < 1.29 is 9.53 Å². The highest BCUT2D eigenvalue weighted by Crippen LogP contribution is 2.30. The monoisotopic (exact) mass is 366 g/mol. The molecule has 0 spiro atoms. The number of nitrogens with zero attached hydrogens (tertiary/aromatic N) is 2. The SMILES string of the molecule is COc1cccc(-c2cc3c(n(CC4CCC4)c2=O)CCN(C(C)=O)C3)c1. The van der Waals surface area contributed by atoms with Gasteiger partial charge in [-0.2, -0.15) is 0 Å². The van der Waals surface area contributed by atoms with Gasteiger partial charge in [-0.3, -0.25) is 9.59 Å². The maximum absolute atomic E-state index is 13.4. The second-order valence-corrected chi connectivity index (χ2v) is 7.67. The Labute approximate surface area is 159 Å². The number of benzene rings is 1. The van der Waals surface area contributed by atoms with Gasteiger partial charge in [0, 0.05) is 44.2 Å². The summed E-state index contributed by atoms with van der Waals surface area (Å²) in [5.41, 5.74) is 3.83. The first kappa shape index (κ1) is 17.8. The summed E-state index contributed by atoms with van der Waals surface area (Å²) in [4.78, 5) is 27.1. The van der Waals surface area contributed by atoms with E-state index < -0.39 is 0 Å². The first-order valence-corrected chi connectivity index (χ1v) is 9.72. The van der Waals surface area contributed by atoms with Gasteiger partial charge in [0.2, 0.25) is 5.91 Å². The summed E-state index contributed by atoms with van der Waals surface area (Å²) in [5.74, 6) is 1.42. The molecule has 0 saturated heterocycles. The molecule has 2 aliphatic rings. The average molecular weight is 366 g/mol. The van der Waals surface area contributed by atoms with Crippen molar-refractivity contribution in [1.29, 1.82) is 0 Å². The molecule has 1 saturated carbocycles. The van der Waals surface area contributed by atoms with Crippen LogP contribution in [0, 0.1) is 5.92 Å². The molecule has 5 nitrogen and oxygen atoms in total. The van der Waals surface area contributed by atoms with Gasteiger partial charge < -0.3 is 14.2 Å². The first-order chi connectivity index (χ1) is 13.1. The van der Waals surface area contributed by atoms with Crippen LogP contribution < -0.4 is 10.3 Å². The van der Waals surface area contributed by atoms with Crippen molar-refractivity contribution in [3.8, 4) is 16.9 Å². The highest BCUT2D eigenvalue weighted by Gasteiger charge is 2.26. The molecule has 0 N–H and O–H groups in total. The van der Waals surface area contributed by atoms with E-state index in [9.17, 15) is 9.59 Å². The number of hydrogen-bond acceptors (Lipinski definition) is 3. The van der Waals surface area contributed by atoms with Crippen LogP contribution in [0.25, 0.3) is 11.1 Å². The molecule has 0 radical (unpaired) electrons. The Balaban J connectivity index is 1.83. The Bertz CT molecular complexity index is 928. The Kier molecular flexibility index (Phi) is 4.77. The van der Waals surface area contributed by atoms with Crippen molar-refractivity contribution in [1.82, 2.24) is 9.47 Å². The molecule has 2 heterocycles. The van der Waals surface area contributed by atoms with Gasteiger partial charge in [-0.05, 0) is 48.1 Å². The predicted molar refractivity (Wildman–Crippen MR) is 105 cm³/mol. The van der Waals surface area contributed by atoms with Crippen molar-refractivity contribution in [2.75, 3.05) is 13.7 Å². The third-order valence-electron chi connectivity index (χ3n) is 5.96. The van der Waals surface area contributed by atoms with E-state index in [1.54, 1.807) is 14.0 Å². The second kappa shape index (κ2) is 7.22. The van der Waals surface area contributed by atoms with Crippen LogP contribution in [0.4, 0.5) is 0 Å². The van der Waals surface area contributed by atoms with Gasteiger partial charge >= 0.3 is 0 Å². The lowest BCUT2D eigenvalue weighted by Gasteiger charge is -2.33. The molecular formula is C22H26N2O3. The fraction of sp³-hybridized carbons (Fsp3) is 0.455. The third kappa shape index (κ3) is 3.38. The number of carbonyl (C=O) groups is 1.